The van der Waals surface area contributed by atoms with Gasteiger partial charge in [0.15, 0.2) is 5.78 Å². The first-order valence-electron chi connectivity index (χ1n) is 7.86. The highest BCUT2D eigenvalue weighted by molar-refractivity contribution is 7.12. The molecule has 0 aliphatic heterocycles. The van der Waals surface area contributed by atoms with Gasteiger partial charge >= 0.3 is 11.8 Å². The lowest BCUT2D eigenvalue weighted by molar-refractivity contribution is -0.141. The maximum atomic E-state index is 12.1. The van der Waals surface area contributed by atoms with Crippen molar-refractivity contribution < 1.29 is 23.6 Å². The summed E-state index contributed by atoms with van der Waals surface area (Å²) < 4.78 is 5.02. The highest BCUT2D eigenvalue weighted by atomic mass is 32.1. The third kappa shape index (κ3) is 5.55. The molecule has 3 N–H and O–H groups in total. The number of hydrogen-bond donors (Lipinski definition) is 3. The number of hydrogen-bond acceptors (Lipinski definition) is 6. The highest BCUT2D eigenvalue weighted by Gasteiger charge is 2.16. The summed E-state index contributed by atoms with van der Waals surface area (Å²) in [6.07, 6.45) is 1.37. The van der Waals surface area contributed by atoms with Gasteiger partial charge in [-0.25, -0.2) is 0 Å². The van der Waals surface area contributed by atoms with E-state index in [9.17, 15) is 19.2 Å². The smallest absolute Gasteiger partial charge is 0.327 e. The van der Waals surface area contributed by atoms with Gasteiger partial charge in [0.2, 0.25) is 5.91 Å². The first-order chi connectivity index (χ1) is 12.4. The van der Waals surface area contributed by atoms with E-state index in [0.717, 1.165) is 9.75 Å². The van der Waals surface area contributed by atoms with E-state index in [4.69, 9.17) is 4.42 Å². The number of carbonyl (C=O) groups excluding carboxylic acids is 4. The Labute approximate surface area is 153 Å². The van der Waals surface area contributed by atoms with Crippen LogP contribution in [0.25, 0.3) is 0 Å². The number of aryl methyl sites for hydroxylation is 2. The SMILES string of the molecule is Cc1cc(C(=O)CCC(=O)NNC(=O)C(=O)NCc2ccco2)c(C)s1. The van der Waals surface area contributed by atoms with Crippen LogP contribution >= 0.6 is 11.3 Å². The Balaban J connectivity index is 1.69. The molecule has 3 amide bonds. The van der Waals surface area contributed by atoms with Gasteiger partial charge in [-0.1, -0.05) is 0 Å². The van der Waals surface area contributed by atoms with Crippen molar-refractivity contribution in [3.05, 3.63) is 45.5 Å². The van der Waals surface area contributed by atoms with E-state index in [2.05, 4.69) is 10.7 Å². The quantitative estimate of drug-likeness (QED) is 0.399. The van der Waals surface area contributed by atoms with E-state index in [1.54, 1.807) is 18.2 Å². The van der Waals surface area contributed by atoms with Crippen molar-refractivity contribution in [2.75, 3.05) is 0 Å². The summed E-state index contributed by atoms with van der Waals surface area (Å²) in [5.74, 6) is -2.13. The Morgan fingerprint density at radius 2 is 1.85 bits per heavy atom. The number of carbonyl (C=O) groups is 4. The molecule has 0 fully saturated rings. The van der Waals surface area contributed by atoms with Gasteiger partial charge in [0.05, 0.1) is 12.8 Å². The Kier molecular flexibility index (Phi) is 6.67. The number of amides is 3. The predicted octanol–water partition coefficient (Wildman–Crippen LogP) is 1.38. The zero-order chi connectivity index (χ0) is 19.1. The molecule has 0 saturated heterocycles. The molecule has 2 rings (SSSR count). The lowest BCUT2D eigenvalue weighted by atomic mass is 10.1. The first kappa shape index (κ1) is 19.4. The lowest BCUT2D eigenvalue weighted by Crippen LogP contribution is -2.48. The second-order valence-corrected chi connectivity index (χ2v) is 6.97. The van der Waals surface area contributed by atoms with Crippen molar-refractivity contribution in [2.24, 2.45) is 0 Å². The van der Waals surface area contributed by atoms with Gasteiger partial charge in [-0.3, -0.25) is 30.0 Å². The third-order valence-corrected chi connectivity index (χ3v) is 4.41. The summed E-state index contributed by atoms with van der Waals surface area (Å²) in [4.78, 5) is 48.9. The maximum absolute atomic E-state index is 12.1. The van der Waals surface area contributed by atoms with Crippen LogP contribution in [0.3, 0.4) is 0 Å². The van der Waals surface area contributed by atoms with Crippen LogP contribution in [0.15, 0.2) is 28.9 Å². The van der Waals surface area contributed by atoms with Gasteiger partial charge in [-0.05, 0) is 32.0 Å². The van der Waals surface area contributed by atoms with Crippen LogP contribution in [0, 0.1) is 13.8 Å². The van der Waals surface area contributed by atoms with E-state index < -0.39 is 17.7 Å². The Hall–Kier alpha value is -2.94. The monoisotopic (exact) mass is 377 g/mol. The number of Topliss-reactive ketones (excluding diaryl/α,β-unsaturated/α-hetero) is 1. The number of hydrazine groups is 1. The average Bonchev–Trinajstić information content (AvgIpc) is 3.24. The first-order valence-corrected chi connectivity index (χ1v) is 8.68. The molecule has 8 nitrogen and oxygen atoms in total. The third-order valence-electron chi connectivity index (χ3n) is 3.45. The van der Waals surface area contributed by atoms with E-state index in [0.29, 0.717) is 11.3 Å². The van der Waals surface area contributed by atoms with E-state index in [-0.39, 0.29) is 25.2 Å². The summed E-state index contributed by atoms with van der Waals surface area (Å²) in [5.41, 5.74) is 4.72. The van der Waals surface area contributed by atoms with Crippen LogP contribution in [0.5, 0.6) is 0 Å². The minimum absolute atomic E-state index is 0.0173. The molecule has 0 bridgehead atoms. The second-order valence-electron chi connectivity index (χ2n) is 5.51. The molecule has 2 aromatic heterocycles. The molecule has 0 aromatic carbocycles. The number of rotatable bonds is 6. The Morgan fingerprint density at radius 3 is 2.46 bits per heavy atom. The molecule has 138 valence electrons. The van der Waals surface area contributed by atoms with Crippen molar-refractivity contribution in [3.8, 4) is 0 Å². The normalized spacial score (nSPS) is 10.2. The van der Waals surface area contributed by atoms with Crippen molar-refractivity contribution >= 4 is 34.8 Å². The molecule has 0 atom stereocenters. The highest BCUT2D eigenvalue weighted by Crippen LogP contribution is 2.22. The summed E-state index contributed by atoms with van der Waals surface area (Å²) in [7, 11) is 0. The van der Waals surface area contributed by atoms with Crippen molar-refractivity contribution in [2.45, 2.75) is 33.2 Å². The topological polar surface area (TPSA) is 118 Å². The molecule has 0 aliphatic carbocycles. The average molecular weight is 377 g/mol. The fraction of sp³-hybridized carbons (Fsp3) is 0.294. The lowest BCUT2D eigenvalue weighted by Gasteiger charge is -2.07. The van der Waals surface area contributed by atoms with Gasteiger partial charge in [-0.15, -0.1) is 11.3 Å². The molecular weight excluding hydrogens is 358 g/mol. The number of nitrogens with one attached hydrogen (secondary N) is 3. The summed E-state index contributed by atoms with van der Waals surface area (Å²) in [5, 5.41) is 2.34. The van der Waals surface area contributed by atoms with E-state index in [1.807, 2.05) is 19.3 Å². The number of thiophene rings is 1. The molecule has 0 unspecified atom stereocenters. The fourth-order valence-corrected chi connectivity index (χ4v) is 3.12. The van der Waals surface area contributed by atoms with Gasteiger partial charge in [0.1, 0.15) is 5.76 Å². The van der Waals surface area contributed by atoms with Crippen LogP contribution < -0.4 is 16.2 Å². The van der Waals surface area contributed by atoms with Crippen molar-refractivity contribution in [3.63, 3.8) is 0 Å². The van der Waals surface area contributed by atoms with Crippen molar-refractivity contribution in [1.82, 2.24) is 16.2 Å². The zero-order valence-corrected chi connectivity index (χ0v) is 15.2. The molecule has 0 aliphatic rings. The number of furan rings is 1. The zero-order valence-electron chi connectivity index (χ0n) is 14.4. The number of ketones is 1. The van der Waals surface area contributed by atoms with Crippen molar-refractivity contribution in [1.29, 1.82) is 0 Å². The minimum Gasteiger partial charge on any atom is -0.467 e. The molecular formula is C17H19N3O5S. The van der Waals surface area contributed by atoms with Gasteiger partial charge in [0.25, 0.3) is 0 Å². The maximum Gasteiger partial charge on any atom is 0.327 e. The second kappa shape index (κ2) is 8.95. The van der Waals surface area contributed by atoms with Crippen LogP contribution in [0.1, 0.15) is 38.7 Å². The largest absolute Gasteiger partial charge is 0.467 e. The molecule has 2 heterocycles. The van der Waals surface area contributed by atoms with E-state index in [1.165, 1.54) is 17.6 Å². The van der Waals surface area contributed by atoms with Gasteiger partial charge < -0.3 is 9.73 Å². The van der Waals surface area contributed by atoms with Crippen LogP contribution in [-0.2, 0) is 20.9 Å². The molecule has 0 spiro atoms. The summed E-state index contributed by atoms with van der Waals surface area (Å²) >= 11 is 1.52. The van der Waals surface area contributed by atoms with E-state index >= 15 is 0 Å². The molecule has 9 heteroatoms. The molecule has 0 radical (unpaired) electrons. The Bertz CT molecular complexity index is 810. The van der Waals surface area contributed by atoms with Crippen LogP contribution in [0.2, 0.25) is 0 Å². The fourth-order valence-electron chi connectivity index (χ4n) is 2.18. The van der Waals surface area contributed by atoms with Crippen LogP contribution in [-0.4, -0.2) is 23.5 Å². The van der Waals surface area contributed by atoms with Crippen LogP contribution in [0.4, 0.5) is 0 Å². The van der Waals surface area contributed by atoms with Gasteiger partial charge in [-0.2, -0.15) is 0 Å². The molecule has 2 aromatic rings. The minimum atomic E-state index is -1.01. The summed E-state index contributed by atoms with van der Waals surface area (Å²) in [6, 6.07) is 5.10. The standard InChI is InChI=1S/C17H19N3O5S/c1-10-8-13(11(2)26-10)14(21)5-6-15(22)19-20-17(24)16(23)18-9-12-4-3-7-25-12/h3-4,7-8H,5-6,9H2,1-2H3,(H,18,23)(H,19,22)(H,20,24). The predicted molar refractivity (Wildman–Crippen MR) is 94.2 cm³/mol. The Morgan fingerprint density at radius 1 is 1.08 bits per heavy atom. The summed E-state index contributed by atoms with van der Waals surface area (Å²) in [6.45, 7) is 3.82. The molecule has 26 heavy (non-hydrogen) atoms. The molecule has 0 saturated carbocycles. The van der Waals surface area contributed by atoms with Gasteiger partial charge in [0, 0.05) is 28.2 Å².